The number of nitrogens with zero attached hydrogens (tertiary/aromatic N) is 1. The molecule has 4 rings (SSSR count). The van der Waals surface area contributed by atoms with Crippen LogP contribution in [-0.2, 0) is 13.1 Å². The van der Waals surface area contributed by atoms with Gasteiger partial charge in [0.15, 0.2) is 0 Å². The van der Waals surface area contributed by atoms with E-state index in [2.05, 4.69) is 5.32 Å². The lowest BCUT2D eigenvalue weighted by molar-refractivity contribution is 0.602. The Labute approximate surface area is 161 Å². The largest absolute Gasteiger partial charge is 0.381 e. The number of anilines is 1. The van der Waals surface area contributed by atoms with Gasteiger partial charge >= 0.3 is 0 Å². The molecule has 0 amide bonds. The number of aromatic nitrogens is 1. The van der Waals surface area contributed by atoms with E-state index in [1.54, 1.807) is 24.3 Å². The first kappa shape index (κ1) is 17.6. The second-order valence-electron chi connectivity index (χ2n) is 6.37. The minimum atomic E-state index is -0.441. The Morgan fingerprint density at radius 1 is 0.852 bits per heavy atom. The van der Waals surface area contributed by atoms with E-state index in [0.717, 1.165) is 22.2 Å². The molecule has 0 bridgehead atoms. The molecule has 1 heterocycles. The molecule has 3 aromatic carbocycles. The molecule has 0 aliphatic carbocycles. The van der Waals surface area contributed by atoms with E-state index < -0.39 is 5.82 Å². The molecule has 2 nitrogen and oxygen atoms in total. The predicted octanol–water partition coefficient (Wildman–Crippen LogP) is 6.23. The van der Waals surface area contributed by atoms with Crippen molar-refractivity contribution in [3.63, 3.8) is 0 Å². The molecule has 0 radical (unpaired) electrons. The topological polar surface area (TPSA) is 17.0 Å². The summed E-state index contributed by atoms with van der Waals surface area (Å²) in [5, 5.41) is 4.45. The SMILES string of the molecule is Fc1ccc(NCc2cn(Cc3ccccc3F)c3ccccc23)cc1Cl. The van der Waals surface area contributed by atoms with Crippen LogP contribution in [0.25, 0.3) is 10.9 Å². The van der Waals surface area contributed by atoms with Crippen molar-refractivity contribution < 1.29 is 8.78 Å². The molecule has 0 atom stereocenters. The summed E-state index contributed by atoms with van der Waals surface area (Å²) in [6, 6.07) is 19.4. The third-order valence-corrected chi connectivity index (χ3v) is 4.86. The fourth-order valence-electron chi connectivity index (χ4n) is 3.21. The van der Waals surface area contributed by atoms with Crippen molar-refractivity contribution in [2.24, 2.45) is 0 Å². The normalized spacial score (nSPS) is 11.1. The Morgan fingerprint density at radius 3 is 2.44 bits per heavy atom. The molecular formula is C22H17ClF2N2. The van der Waals surface area contributed by atoms with Gasteiger partial charge in [0, 0.05) is 34.9 Å². The quantitative estimate of drug-likeness (QED) is 0.432. The standard InChI is InChI=1S/C22H17ClF2N2/c23-19-11-17(9-10-21(19)25)26-12-16-14-27(22-8-4-2-6-18(16)22)13-15-5-1-3-7-20(15)24/h1-11,14,26H,12-13H2. The maximum absolute atomic E-state index is 14.1. The van der Waals surface area contributed by atoms with Gasteiger partial charge in [-0.15, -0.1) is 0 Å². The van der Waals surface area contributed by atoms with E-state index in [9.17, 15) is 8.78 Å². The Bertz CT molecular complexity index is 1100. The van der Waals surface area contributed by atoms with E-state index in [-0.39, 0.29) is 10.8 Å². The number of nitrogens with one attached hydrogen (secondary N) is 1. The van der Waals surface area contributed by atoms with Gasteiger partial charge in [-0.3, -0.25) is 0 Å². The molecule has 0 fully saturated rings. The molecule has 1 aromatic heterocycles. The number of halogens is 3. The maximum atomic E-state index is 14.1. The first-order valence-electron chi connectivity index (χ1n) is 8.61. The van der Waals surface area contributed by atoms with Crippen LogP contribution in [0.2, 0.25) is 5.02 Å². The summed E-state index contributed by atoms with van der Waals surface area (Å²) in [5.74, 6) is -0.653. The van der Waals surface area contributed by atoms with E-state index in [4.69, 9.17) is 11.6 Å². The monoisotopic (exact) mass is 382 g/mol. The minimum Gasteiger partial charge on any atom is -0.381 e. The molecule has 0 spiro atoms. The lowest BCUT2D eigenvalue weighted by atomic mass is 10.1. The lowest BCUT2D eigenvalue weighted by Crippen LogP contribution is -2.01. The maximum Gasteiger partial charge on any atom is 0.141 e. The van der Waals surface area contributed by atoms with E-state index in [1.165, 1.54) is 12.1 Å². The highest BCUT2D eigenvalue weighted by atomic mass is 35.5. The van der Waals surface area contributed by atoms with Crippen LogP contribution in [0.1, 0.15) is 11.1 Å². The molecule has 0 saturated heterocycles. The van der Waals surface area contributed by atoms with Crippen LogP contribution in [0.15, 0.2) is 72.9 Å². The number of hydrogen-bond donors (Lipinski definition) is 1. The van der Waals surface area contributed by atoms with E-state index in [0.29, 0.717) is 18.7 Å². The summed E-state index contributed by atoms with van der Waals surface area (Å²) >= 11 is 5.85. The summed E-state index contributed by atoms with van der Waals surface area (Å²) < 4.78 is 29.4. The average molecular weight is 383 g/mol. The van der Waals surface area contributed by atoms with Gasteiger partial charge in [-0.1, -0.05) is 48.0 Å². The molecule has 27 heavy (non-hydrogen) atoms. The number of benzene rings is 3. The Balaban J connectivity index is 1.63. The van der Waals surface area contributed by atoms with Gasteiger partial charge in [0.05, 0.1) is 11.6 Å². The van der Waals surface area contributed by atoms with Crippen molar-refractivity contribution in [3.05, 3.63) is 101 Å². The zero-order chi connectivity index (χ0) is 18.8. The first-order chi connectivity index (χ1) is 13.1. The fraction of sp³-hybridized carbons (Fsp3) is 0.0909. The second-order valence-corrected chi connectivity index (χ2v) is 6.78. The third kappa shape index (κ3) is 3.67. The molecule has 0 unspecified atom stereocenters. The highest BCUT2D eigenvalue weighted by Crippen LogP contribution is 2.25. The van der Waals surface area contributed by atoms with Crippen LogP contribution in [0.4, 0.5) is 14.5 Å². The lowest BCUT2D eigenvalue weighted by Gasteiger charge is -2.07. The second kappa shape index (κ2) is 7.41. The Morgan fingerprint density at radius 2 is 1.63 bits per heavy atom. The van der Waals surface area contributed by atoms with Crippen LogP contribution in [0.5, 0.6) is 0 Å². The minimum absolute atomic E-state index is 0.0852. The summed E-state index contributed by atoms with van der Waals surface area (Å²) in [6.07, 6.45) is 2.02. The summed E-state index contributed by atoms with van der Waals surface area (Å²) in [7, 11) is 0. The van der Waals surface area contributed by atoms with E-state index in [1.807, 2.05) is 41.1 Å². The average Bonchev–Trinajstić information content (AvgIpc) is 3.02. The van der Waals surface area contributed by atoms with Gasteiger partial charge < -0.3 is 9.88 Å². The van der Waals surface area contributed by atoms with Crippen LogP contribution in [0, 0.1) is 11.6 Å². The van der Waals surface area contributed by atoms with Crippen molar-refractivity contribution in [1.29, 1.82) is 0 Å². The molecule has 0 aliphatic rings. The fourth-order valence-corrected chi connectivity index (χ4v) is 3.39. The highest BCUT2D eigenvalue weighted by Gasteiger charge is 2.10. The summed E-state index contributed by atoms with van der Waals surface area (Å²) in [5.41, 5.74) is 3.49. The predicted molar refractivity (Wildman–Crippen MR) is 106 cm³/mol. The zero-order valence-electron chi connectivity index (χ0n) is 14.4. The number of fused-ring (bicyclic) bond motifs is 1. The molecule has 1 N–H and O–H groups in total. The van der Waals surface area contributed by atoms with Gasteiger partial charge in [0.25, 0.3) is 0 Å². The van der Waals surface area contributed by atoms with Gasteiger partial charge in [-0.05, 0) is 35.9 Å². The Kier molecular flexibility index (Phi) is 4.82. The van der Waals surface area contributed by atoms with Crippen LogP contribution >= 0.6 is 11.6 Å². The smallest absolute Gasteiger partial charge is 0.141 e. The molecule has 136 valence electrons. The summed E-state index contributed by atoms with van der Waals surface area (Å²) in [4.78, 5) is 0. The van der Waals surface area contributed by atoms with Crippen molar-refractivity contribution in [2.75, 3.05) is 5.32 Å². The van der Waals surface area contributed by atoms with Gasteiger partial charge in [-0.2, -0.15) is 0 Å². The first-order valence-corrected chi connectivity index (χ1v) is 8.99. The third-order valence-electron chi connectivity index (χ3n) is 4.57. The summed E-state index contributed by atoms with van der Waals surface area (Å²) in [6.45, 7) is 1.00. The van der Waals surface area contributed by atoms with Crippen molar-refractivity contribution in [1.82, 2.24) is 4.57 Å². The van der Waals surface area contributed by atoms with Crippen molar-refractivity contribution >= 4 is 28.2 Å². The van der Waals surface area contributed by atoms with Gasteiger partial charge in [-0.25, -0.2) is 8.78 Å². The number of hydrogen-bond acceptors (Lipinski definition) is 1. The molecule has 0 saturated carbocycles. The molecular weight excluding hydrogens is 366 g/mol. The van der Waals surface area contributed by atoms with Gasteiger partial charge in [0.2, 0.25) is 0 Å². The number of para-hydroxylation sites is 1. The highest BCUT2D eigenvalue weighted by molar-refractivity contribution is 6.31. The van der Waals surface area contributed by atoms with Crippen molar-refractivity contribution in [2.45, 2.75) is 13.1 Å². The van der Waals surface area contributed by atoms with E-state index >= 15 is 0 Å². The van der Waals surface area contributed by atoms with Crippen molar-refractivity contribution in [3.8, 4) is 0 Å². The van der Waals surface area contributed by atoms with Crippen LogP contribution < -0.4 is 5.32 Å². The van der Waals surface area contributed by atoms with Gasteiger partial charge in [0.1, 0.15) is 11.6 Å². The molecule has 0 aliphatic heterocycles. The molecule has 4 aromatic rings. The van der Waals surface area contributed by atoms with Crippen LogP contribution in [0.3, 0.4) is 0 Å². The number of rotatable bonds is 5. The zero-order valence-corrected chi connectivity index (χ0v) is 15.2. The Hall–Kier alpha value is -2.85. The molecule has 5 heteroatoms. The van der Waals surface area contributed by atoms with Crippen LogP contribution in [-0.4, -0.2) is 4.57 Å².